The first kappa shape index (κ1) is 17.6. The minimum Gasteiger partial charge on any atom is -0.507 e. The molecule has 2 aromatic carbocycles. The number of ether oxygens (including phenoxy) is 1. The van der Waals surface area contributed by atoms with Gasteiger partial charge in [-0.1, -0.05) is 36.0 Å². The summed E-state index contributed by atoms with van der Waals surface area (Å²) >= 11 is 1.32. The van der Waals surface area contributed by atoms with E-state index in [1.807, 2.05) is 30.3 Å². The van der Waals surface area contributed by atoms with Gasteiger partial charge in [-0.2, -0.15) is 5.26 Å². The fraction of sp³-hybridized carbons (Fsp3) is 0.105. The summed E-state index contributed by atoms with van der Waals surface area (Å²) in [5.74, 6) is -1.65. The fourth-order valence-corrected chi connectivity index (χ4v) is 3.64. The first-order valence-corrected chi connectivity index (χ1v) is 8.48. The predicted octanol–water partition coefficient (Wildman–Crippen LogP) is 3.10. The van der Waals surface area contributed by atoms with E-state index in [0.29, 0.717) is 5.03 Å². The third-order valence-electron chi connectivity index (χ3n) is 3.80. The number of carbonyl (C=O) groups is 2. The second kappa shape index (κ2) is 7.33. The molecule has 0 aliphatic carbocycles. The predicted molar refractivity (Wildman–Crippen MR) is 96.7 cm³/mol. The smallest absolute Gasteiger partial charge is 0.342 e. The average molecular weight is 366 g/mol. The summed E-state index contributed by atoms with van der Waals surface area (Å²) in [7, 11) is 1.77. The topological polar surface area (TPSA) is 90.6 Å². The number of rotatable bonds is 4. The van der Waals surface area contributed by atoms with E-state index in [9.17, 15) is 20.0 Å². The summed E-state index contributed by atoms with van der Waals surface area (Å²) < 4.78 is 4.96. The first-order valence-electron chi connectivity index (χ1n) is 7.66. The van der Waals surface area contributed by atoms with Crippen LogP contribution in [0.5, 0.6) is 5.75 Å². The number of hydrogen-bond donors (Lipinski definition) is 1. The number of anilines is 1. The van der Waals surface area contributed by atoms with Crippen LogP contribution in [0, 0.1) is 11.3 Å². The van der Waals surface area contributed by atoms with Crippen LogP contribution in [0.15, 0.2) is 64.0 Å². The van der Waals surface area contributed by atoms with E-state index in [1.54, 1.807) is 24.1 Å². The number of hydrogen-bond acceptors (Lipinski definition) is 7. The number of aromatic hydroxyl groups is 1. The standard InChI is InChI=1S/C19H14N2O4S/c1-21-14-7-3-5-9-17(14)26-18(21)13(10-20)16(23)11-25-19(24)12-6-2-4-8-15(12)22/h2-9,22H,11H2,1H3/b18-13-. The Morgan fingerprint density at radius 1 is 1.19 bits per heavy atom. The summed E-state index contributed by atoms with van der Waals surface area (Å²) in [4.78, 5) is 27.1. The first-order chi connectivity index (χ1) is 12.5. The molecule has 130 valence electrons. The second-order valence-corrected chi connectivity index (χ2v) is 6.47. The molecule has 2 aromatic rings. The van der Waals surface area contributed by atoms with Crippen LogP contribution in [0.1, 0.15) is 10.4 Å². The van der Waals surface area contributed by atoms with Crippen LogP contribution in [0.3, 0.4) is 0 Å². The molecule has 7 heteroatoms. The van der Waals surface area contributed by atoms with Crippen LogP contribution in [0.4, 0.5) is 5.69 Å². The second-order valence-electron chi connectivity index (χ2n) is 5.44. The minimum absolute atomic E-state index is 0.0359. The summed E-state index contributed by atoms with van der Waals surface area (Å²) in [6.07, 6.45) is 0. The number of nitrogens with zero attached hydrogens (tertiary/aromatic N) is 2. The maximum atomic E-state index is 12.4. The van der Waals surface area contributed by atoms with Gasteiger partial charge in [-0.15, -0.1) is 0 Å². The Labute approximate surface area is 154 Å². The Morgan fingerprint density at radius 3 is 2.58 bits per heavy atom. The van der Waals surface area contributed by atoms with Gasteiger partial charge in [0.25, 0.3) is 0 Å². The van der Waals surface area contributed by atoms with Gasteiger partial charge >= 0.3 is 5.97 Å². The summed E-state index contributed by atoms with van der Waals surface area (Å²) in [5.41, 5.74) is 0.796. The van der Waals surface area contributed by atoms with Gasteiger partial charge in [-0.3, -0.25) is 4.79 Å². The monoisotopic (exact) mass is 366 g/mol. The lowest BCUT2D eigenvalue weighted by molar-refractivity contribution is -0.118. The number of benzene rings is 2. The fourth-order valence-electron chi connectivity index (χ4n) is 2.48. The van der Waals surface area contributed by atoms with E-state index in [2.05, 4.69) is 0 Å². The van der Waals surface area contributed by atoms with Crippen molar-refractivity contribution in [1.29, 1.82) is 5.26 Å². The molecule has 0 spiro atoms. The molecule has 0 saturated heterocycles. The molecule has 0 radical (unpaired) electrons. The van der Waals surface area contributed by atoms with Crippen molar-refractivity contribution in [3.63, 3.8) is 0 Å². The molecule has 26 heavy (non-hydrogen) atoms. The molecule has 1 aliphatic heterocycles. The normalized spacial score (nSPS) is 14.4. The number of phenols is 1. The van der Waals surface area contributed by atoms with Gasteiger partial charge in [-0.25, -0.2) is 4.79 Å². The van der Waals surface area contributed by atoms with E-state index in [0.717, 1.165) is 10.6 Å². The SMILES string of the molecule is CN1/C(=C(\C#N)C(=O)COC(=O)c2ccccc2O)Sc2ccccc21. The highest BCUT2D eigenvalue weighted by Crippen LogP contribution is 2.46. The van der Waals surface area contributed by atoms with Crippen molar-refractivity contribution in [2.45, 2.75) is 4.90 Å². The number of thioether (sulfide) groups is 1. The van der Waals surface area contributed by atoms with Gasteiger partial charge < -0.3 is 14.7 Å². The Hall–Kier alpha value is -3.24. The van der Waals surface area contributed by atoms with Crippen molar-refractivity contribution in [2.75, 3.05) is 18.6 Å². The number of ketones is 1. The zero-order valence-electron chi connectivity index (χ0n) is 13.8. The highest BCUT2D eigenvalue weighted by atomic mass is 32.2. The third kappa shape index (κ3) is 3.27. The van der Waals surface area contributed by atoms with Crippen LogP contribution < -0.4 is 4.90 Å². The summed E-state index contributed by atoms with van der Waals surface area (Å²) in [5, 5.41) is 19.6. The van der Waals surface area contributed by atoms with E-state index in [1.165, 1.54) is 23.9 Å². The van der Waals surface area contributed by atoms with Gasteiger partial charge in [0.05, 0.1) is 5.69 Å². The van der Waals surface area contributed by atoms with Crippen LogP contribution >= 0.6 is 11.8 Å². The highest BCUT2D eigenvalue weighted by Gasteiger charge is 2.28. The van der Waals surface area contributed by atoms with Crippen molar-refractivity contribution in [2.24, 2.45) is 0 Å². The Bertz CT molecular complexity index is 962. The molecule has 1 heterocycles. The molecule has 3 rings (SSSR count). The lowest BCUT2D eigenvalue weighted by Gasteiger charge is -2.14. The molecule has 0 atom stereocenters. The number of Topliss-reactive ketones (excluding diaryl/α,β-unsaturated/α-hetero) is 1. The highest BCUT2D eigenvalue weighted by molar-refractivity contribution is 8.03. The van der Waals surface area contributed by atoms with Crippen LogP contribution in [-0.4, -0.2) is 30.5 Å². The molecule has 0 saturated carbocycles. The number of phenolic OH excluding ortho intramolecular Hbond substituents is 1. The number of para-hydroxylation sites is 2. The van der Waals surface area contributed by atoms with Gasteiger partial charge in [0.2, 0.25) is 5.78 Å². The zero-order valence-corrected chi connectivity index (χ0v) is 14.6. The molecule has 0 unspecified atom stereocenters. The van der Waals surface area contributed by atoms with E-state index in [-0.39, 0.29) is 16.9 Å². The Kier molecular flexibility index (Phi) is 4.96. The molecule has 0 aromatic heterocycles. The Morgan fingerprint density at radius 2 is 1.88 bits per heavy atom. The average Bonchev–Trinajstić information content (AvgIpc) is 2.98. The number of carbonyl (C=O) groups excluding carboxylic acids is 2. The molecule has 0 bridgehead atoms. The van der Waals surface area contributed by atoms with Crippen molar-refractivity contribution >= 4 is 29.2 Å². The van der Waals surface area contributed by atoms with Crippen LogP contribution in [0.2, 0.25) is 0 Å². The Balaban J connectivity index is 1.76. The lowest BCUT2D eigenvalue weighted by atomic mass is 10.2. The third-order valence-corrected chi connectivity index (χ3v) is 5.04. The maximum Gasteiger partial charge on any atom is 0.342 e. The van der Waals surface area contributed by atoms with E-state index < -0.39 is 18.4 Å². The van der Waals surface area contributed by atoms with Gasteiger partial charge in [0.1, 0.15) is 28.0 Å². The van der Waals surface area contributed by atoms with Crippen molar-refractivity contribution in [3.05, 3.63) is 64.7 Å². The largest absolute Gasteiger partial charge is 0.507 e. The van der Waals surface area contributed by atoms with Crippen molar-refractivity contribution in [1.82, 2.24) is 0 Å². The number of fused-ring (bicyclic) bond motifs is 1. The van der Waals surface area contributed by atoms with Crippen molar-refractivity contribution < 1.29 is 19.4 Å². The maximum absolute atomic E-state index is 12.4. The molecule has 1 aliphatic rings. The number of nitriles is 1. The van der Waals surface area contributed by atoms with E-state index >= 15 is 0 Å². The van der Waals surface area contributed by atoms with Crippen LogP contribution in [-0.2, 0) is 9.53 Å². The number of esters is 1. The molecule has 0 fully saturated rings. The molecule has 1 N–H and O–H groups in total. The minimum atomic E-state index is -0.825. The van der Waals surface area contributed by atoms with Gasteiger partial charge in [0, 0.05) is 11.9 Å². The van der Waals surface area contributed by atoms with E-state index in [4.69, 9.17) is 4.74 Å². The molecule has 0 amide bonds. The van der Waals surface area contributed by atoms with Crippen molar-refractivity contribution in [3.8, 4) is 11.8 Å². The molecular formula is C19H14N2O4S. The van der Waals surface area contributed by atoms with Gasteiger partial charge in [0.15, 0.2) is 6.61 Å². The lowest BCUT2D eigenvalue weighted by Crippen LogP contribution is -2.20. The molecule has 6 nitrogen and oxygen atoms in total. The van der Waals surface area contributed by atoms with Gasteiger partial charge in [-0.05, 0) is 24.3 Å². The zero-order chi connectivity index (χ0) is 18.7. The van der Waals surface area contributed by atoms with Crippen LogP contribution in [0.25, 0.3) is 0 Å². The summed E-state index contributed by atoms with van der Waals surface area (Å²) in [6.45, 7) is -0.579. The molecular weight excluding hydrogens is 352 g/mol. The quantitative estimate of drug-likeness (QED) is 0.505. The summed E-state index contributed by atoms with van der Waals surface area (Å²) in [6, 6.07) is 15.3.